The van der Waals surface area contributed by atoms with E-state index >= 15 is 0 Å². The zero-order chi connectivity index (χ0) is 15.6. The summed E-state index contributed by atoms with van der Waals surface area (Å²) in [5.41, 5.74) is 6.02. The summed E-state index contributed by atoms with van der Waals surface area (Å²) in [5, 5.41) is 0.526. The van der Waals surface area contributed by atoms with Gasteiger partial charge in [0.05, 0.1) is 5.69 Å². The fourth-order valence-corrected chi connectivity index (χ4v) is 3.34. The molecule has 3 N–H and O–H groups in total. The van der Waals surface area contributed by atoms with Gasteiger partial charge in [0, 0.05) is 16.6 Å². The number of sulfonamides is 1. The minimum absolute atomic E-state index is 0.120. The largest absolute Gasteiger partial charge is 0.326 e. The molecule has 0 bridgehead atoms. The second-order valence-corrected chi connectivity index (χ2v) is 6.76. The molecule has 0 atom stereocenters. The summed E-state index contributed by atoms with van der Waals surface area (Å²) in [6, 6.07) is 7.89. The summed E-state index contributed by atoms with van der Waals surface area (Å²) in [5.74, 6) is -0.876. The van der Waals surface area contributed by atoms with Gasteiger partial charge in [-0.05, 0) is 35.9 Å². The lowest BCUT2D eigenvalue weighted by molar-refractivity contribution is 0.569. The van der Waals surface area contributed by atoms with Crippen LogP contribution in [0.5, 0.6) is 0 Å². The van der Waals surface area contributed by atoms with Gasteiger partial charge in [0.2, 0.25) is 0 Å². The van der Waals surface area contributed by atoms with Crippen LogP contribution in [0.25, 0.3) is 0 Å². The molecule has 21 heavy (non-hydrogen) atoms. The van der Waals surface area contributed by atoms with E-state index in [0.717, 1.165) is 12.1 Å². The molecule has 8 heteroatoms. The van der Waals surface area contributed by atoms with Gasteiger partial charge in [-0.2, -0.15) is 0 Å². The molecule has 4 nitrogen and oxygen atoms in total. The Kier molecular flexibility index (Phi) is 4.73. The van der Waals surface area contributed by atoms with Gasteiger partial charge in [0.25, 0.3) is 10.0 Å². The molecular weight excluding hydrogens is 338 g/mol. The number of hydrogen-bond acceptors (Lipinski definition) is 3. The van der Waals surface area contributed by atoms with Gasteiger partial charge in [0.1, 0.15) is 10.7 Å². The van der Waals surface area contributed by atoms with E-state index in [9.17, 15) is 12.8 Å². The van der Waals surface area contributed by atoms with Crippen LogP contribution in [-0.2, 0) is 16.6 Å². The third-order valence-corrected chi connectivity index (χ3v) is 4.49. The lowest BCUT2D eigenvalue weighted by Gasteiger charge is -2.10. The first-order valence-corrected chi connectivity index (χ1v) is 8.03. The van der Waals surface area contributed by atoms with Gasteiger partial charge in [-0.25, -0.2) is 12.8 Å². The smallest absolute Gasteiger partial charge is 0.264 e. The average Bonchev–Trinajstić information content (AvgIpc) is 2.36. The second-order valence-electron chi connectivity index (χ2n) is 4.23. The molecule has 2 aromatic rings. The molecule has 0 unspecified atom stereocenters. The van der Waals surface area contributed by atoms with Gasteiger partial charge in [-0.15, -0.1) is 0 Å². The summed E-state index contributed by atoms with van der Waals surface area (Å²) in [6.45, 7) is 0.120. The van der Waals surface area contributed by atoms with Gasteiger partial charge in [-0.1, -0.05) is 29.3 Å². The number of halogens is 3. The maximum Gasteiger partial charge on any atom is 0.264 e. The highest BCUT2D eigenvalue weighted by molar-refractivity contribution is 7.92. The molecule has 2 aromatic carbocycles. The third kappa shape index (κ3) is 3.85. The minimum atomic E-state index is -4.09. The Morgan fingerprint density at radius 2 is 1.71 bits per heavy atom. The van der Waals surface area contributed by atoms with E-state index in [2.05, 4.69) is 4.72 Å². The van der Waals surface area contributed by atoms with E-state index in [0.29, 0.717) is 5.56 Å². The zero-order valence-corrected chi connectivity index (χ0v) is 12.9. The first-order chi connectivity index (χ1) is 9.81. The molecule has 2 rings (SSSR count). The summed E-state index contributed by atoms with van der Waals surface area (Å²) < 4.78 is 40.4. The Bertz CT molecular complexity index is 761. The number of rotatable bonds is 4. The monoisotopic (exact) mass is 348 g/mol. The van der Waals surface area contributed by atoms with Crippen LogP contribution in [-0.4, -0.2) is 8.42 Å². The van der Waals surface area contributed by atoms with Crippen LogP contribution >= 0.6 is 23.2 Å². The highest BCUT2D eigenvalue weighted by atomic mass is 35.5. The molecular formula is C13H11Cl2FN2O2S. The van der Waals surface area contributed by atoms with Crippen LogP contribution < -0.4 is 10.5 Å². The topological polar surface area (TPSA) is 72.2 Å². The van der Waals surface area contributed by atoms with Crippen molar-refractivity contribution >= 4 is 38.9 Å². The van der Waals surface area contributed by atoms with E-state index in [1.807, 2.05) is 0 Å². The van der Waals surface area contributed by atoms with Crippen LogP contribution in [0.4, 0.5) is 10.1 Å². The molecule has 0 amide bonds. The SMILES string of the molecule is NCc1ccc(S(=O)(=O)Nc2cc(Cl)cc(Cl)c2)c(F)c1. The third-order valence-electron chi connectivity index (χ3n) is 2.64. The van der Waals surface area contributed by atoms with Crippen molar-refractivity contribution in [1.29, 1.82) is 0 Å². The zero-order valence-electron chi connectivity index (χ0n) is 10.6. The first-order valence-electron chi connectivity index (χ1n) is 5.79. The number of nitrogens with two attached hydrogens (primary N) is 1. The van der Waals surface area contributed by atoms with Crippen molar-refractivity contribution in [1.82, 2.24) is 0 Å². The fraction of sp³-hybridized carbons (Fsp3) is 0.0769. The minimum Gasteiger partial charge on any atom is -0.326 e. The molecule has 0 heterocycles. The molecule has 0 aliphatic rings. The molecule has 0 saturated carbocycles. The Balaban J connectivity index is 2.38. The summed E-state index contributed by atoms with van der Waals surface area (Å²) in [6.07, 6.45) is 0. The predicted octanol–water partition coefficient (Wildman–Crippen LogP) is 3.39. The van der Waals surface area contributed by atoms with Crippen molar-refractivity contribution in [2.75, 3.05) is 4.72 Å². The van der Waals surface area contributed by atoms with Gasteiger partial charge < -0.3 is 5.73 Å². The van der Waals surface area contributed by atoms with E-state index in [1.54, 1.807) is 0 Å². The van der Waals surface area contributed by atoms with E-state index < -0.39 is 20.7 Å². The Morgan fingerprint density at radius 1 is 1.10 bits per heavy atom. The molecule has 112 valence electrons. The van der Waals surface area contributed by atoms with Crippen LogP contribution in [0.15, 0.2) is 41.3 Å². The van der Waals surface area contributed by atoms with Crippen molar-refractivity contribution in [3.05, 3.63) is 57.8 Å². The van der Waals surface area contributed by atoms with E-state index in [-0.39, 0.29) is 22.3 Å². The first kappa shape index (κ1) is 16.0. The Labute approximate surface area is 131 Å². The van der Waals surface area contributed by atoms with Crippen molar-refractivity contribution in [3.63, 3.8) is 0 Å². The predicted molar refractivity (Wildman–Crippen MR) is 81.6 cm³/mol. The van der Waals surface area contributed by atoms with Gasteiger partial charge >= 0.3 is 0 Å². The lowest BCUT2D eigenvalue weighted by Crippen LogP contribution is -2.15. The quantitative estimate of drug-likeness (QED) is 0.889. The summed E-state index contributed by atoms with van der Waals surface area (Å²) >= 11 is 11.6. The van der Waals surface area contributed by atoms with Crippen molar-refractivity contribution in [3.8, 4) is 0 Å². The lowest BCUT2D eigenvalue weighted by atomic mass is 10.2. The molecule has 0 aliphatic heterocycles. The maximum atomic E-state index is 13.9. The molecule has 0 spiro atoms. The van der Waals surface area contributed by atoms with Gasteiger partial charge in [-0.3, -0.25) is 4.72 Å². The average molecular weight is 349 g/mol. The molecule has 0 radical (unpaired) electrons. The normalized spacial score (nSPS) is 11.4. The van der Waals surface area contributed by atoms with Crippen LogP contribution in [0.3, 0.4) is 0 Å². The van der Waals surface area contributed by atoms with Crippen LogP contribution in [0, 0.1) is 5.82 Å². The van der Waals surface area contributed by atoms with Crippen molar-refractivity contribution < 1.29 is 12.8 Å². The number of benzene rings is 2. The molecule has 0 aliphatic carbocycles. The van der Waals surface area contributed by atoms with Crippen molar-refractivity contribution in [2.45, 2.75) is 11.4 Å². The standard InChI is InChI=1S/C13H11Cl2FN2O2S/c14-9-4-10(15)6-11(5-9)18-21(19,20)13-2-1-8(7-17)3-12(13)16/h1-6,18H,7,17H2. The maximum absolute atomic E-state index is 13.9. The van der Waals surface area contributed by atoms with E-state index in [1.165, 1.54) is 24.3 Å². The van der Waals surface area contributed by atoms with Crippen molar-refractivity contribution in [2.24, 2.45) is 5.73 Å². The Morgan fingerprint density at radius 3 is 2.24 bits per heavy atom. The van der Waals surface area contributed by atoms with Gasteiger partial charge in [0.15, 0.2) is 0 Å². The second kappa shape index (κ2) is 6.19. The highest BCUT2D eigenvalue weighted by Crippen LogP contribution is 2.25. The highest BCUT2D eigenvalue weighted by Gasteiger charge is 2.19. The molecule has 0 fully saturated rings. The molecule has 0 aromatic heterocycles. The molecule has 0 saturated heterocycles. The number of anilines is 1. The number of hydrogen-bond donors (Lipinski definition) is 2. The van der Waals surface area contributed by atoms with E-state index in [4.69, 9.17) is 28.9 Å². The van der Waals surface area contributed by atoms with Crippen LogP contribution in [0.2, 0.25) is 10.0 Å². The Hall–Kier alpha value is -1.34. The fourth-order valence-electron chi connectivity index (χ4n) is 1.71. The summed E-state index contributed by atoms with van der Waals surface area (Å²) in [4.78, 5) is -0.476. The van der Waals surface area contributed by atoms with Crippen LogP contribution in [0.1, 0.15) is 5.56 Å². The number of nitrogens with one attached hydrogen (secondary N) is 1. The summed E-state index contributed by atoms with van der Waals surface area (Å²) in [7, 11) is -4.09.